The van der Waals surface area contributed by atoms with Crippen LogP contribution in [0.25, 0.3) is 0 Å². The van der Waals surface area contributed by atoms with Gasteiger partial charge in [-0.3, -0.25) is 4.79 Å². The van der Waals surface area contributed by atoms with Gasteiger partial charge in [-0.25, -0.2) is 0 Å². The molecular formula is C13H26N2O2. The van der Waals surface area contributed by atoms with Gasteiger partial charge >= 0.3 is 5.97 Å². The molecule has 1 atom stereocenters. The number of likely N-dealkylation sites (tertiary alicyclic amines) is 1. The van der Waals surface area contributed by atoms with Gasteiger partial charge in [0.05, 0.1) is 13.5 Å². The molecular weight excluding hydrogens is 216 g/mol. The highest BCUT2D eigenvalue weighted by Crippen LogP contribution is 2.18. The summed E-state index contributed by atoms with van der Waals surface area (Å²) in [7, 11) is 3.63. The fraction of sp³-hybridized carbons (Fsp3) is 0.923. The molecule has 0 aliphatic carbocycles. The first kappa shape index (κ1) is 14.5. The maximum atomic E-state index is 11.1. The standard InChI is InChI=1S/C13H26N2O2/c1-11(10-13(16)17-3)14-7-4-12-5-8-15(2)9-6-12/h11-12,14H,4-10H2,1-3H3. The van der Waals surface area contributed by atoms with Crippen LogP contribution < -0.4 is 5.32 Å². The Morgan fingerprint density at radius 1 is 1.47 bits per heavy atom. The average molecular weight is 242 g/mol. The Bertz CT molecular complexity index is 225. The summed E-state index contributed by atoms with van der Waals surface area (Å²) in [6.45, 7) is 5.49. The van der Waals surface area contributed by atoms with E-state index in [1.165, 1.54) is 39.5 Å². The molecule has 4 nitrogen and oxygen atoms in total. The van der Waals surface area contributed by atoms with Gasteiger partial charge in [-0.2, -0.15) is 0 Å². The van der Waals surface area contributed by atoms with Crippen molar-refractivity contribution < 1.29 is 9.53 Å². The highest BCUT2D eigenvalue weighted by molar-refractivity contribution is 5.69. The van der Waals surface area contributed by atoms with Crippen LogP contribution in [-0.4, -0.2) is 50.7 Å². The molecule has 0 aromatic rings. The van der Waals surface area contributed by atoms with Gasteiger partial charge in [-0.1, -0.05) is 0 Å². The third kappa shape index (κ3) is 6.03. The maximum absolute atomic E-state index is 11.1. The summed E-state index contributed by atoms with van der Waals surface area (Å²) in [4.78, 5) is 13.4. The first-order chi connectivity index (χ1) is 8.11. The minimum Gasteiger partial charge on any atom is -0.469 e. The minimum atomic E-state index is -0.135. The summed E-state index contributed by atoms with van der Waals surface area (Å²) in [5.74, 6) is 0.716. The third-order valence-electron chi connectivity index (χ3n) is 3.58. The van der Waals surface area contributed by atoms with Crippen LogP contribution in [0.2, 0.25) is 0 Å². The van der Waals surface area contributed by atoms with Gasteiger partial charge in [-0.15, -0.1) is 0 Å². The Balaban J connectivity index is 2.05. The first-order valence-corrected chi connectivity index (χ1v) is 6.60. The smallest absolute Gasteiger partial charge is 0.307 e. The van der Waals surface area contributed by atoms with Gasteiger partial charge in [0.2, 0.25) is 0 Å². The third-order valence-corrected chi connectivity index (χ3v) is 3.58. The Morgan fingerprint density at radius 3 is 2.71 bits per heavy atom. The van der Waals surface area contributed by atoms with Crippen molar-refractivity contribution in [3.8, 4) is 0 Å². The van der Waals surface area contributed by atoms with Crippen LogP contribution >= 0.6 is 0 Å². The van der Waals surface area contributed by atoms with Crippen molar-refractivity contribution in [1.29, 1.82) is 0 Å². The first-order valence-electron chi connectivity index (χ1n) is 6.60. The Kier molecular flexibility index (Phi) is 6.52. The lowest BCUT2D eigenvalue weighted by atomic mass is 9.94. The number of hydrogen-bond donors (Lipinski definition) is 1. The van der Waals surface area contributed by atoms with Crippen molar-refractivity contribution in [2.75, 3.05) is 33.8 Å². The highest BCUT2D eigenvalue weighted by Gasteiger charge is 2.16. The van der Waals surface area contributed by atoms with Crippen molar-refractivity contribution in [2.24, 2.45) is 5.92 Å². The van der Waals surface area contributed by atoms with Crippen molar-refractivity contribution in [3.05, 3.63) is 0 Å². The lowest BCUT2D eigenvalue weighted by Crippen LogP contribution is -2.34. The lowest BCUT2D eigenvalue weighted by Gasteiger charge is -2.29. The molecule has 0 radical (unpaired) electrons. The molecule has 0 amide bonds. The van der Waals surface area contributed by atoms with Crippen LogP contribution in [-0.2, 0) is 9.53 Å². The quantitative estimate of drug-likeness (QED) is 0.712. The molecule has 100 valence electrons. The van der Waals surface area contributed by atoms with Gasteiger partial charge in [0.1, 0.15) is 0 Å². The number of carbonyl (C=O) groups excluding carboxylic acids is 1. The maximum Gasteiger partial charge on any atom is 0.307 e. The average Bonchev–Trinajstić information content (AvgIpc) is 2.31. The summed E-state index contributed by atoms with van der Waals surface area (Å²) >= 11 is 0. The van der Waals surface area contributed by atoms with Crippen molar-refractivity contribution in [2.45, 2.75) is 38.6 Å². The van der Waals surface area contributed by atoms with E-state index in [1.54, 1.807) is 0 Å². The molecule has 4 heteroatoms. The second-order valence-corrected chi connectivity index (χ2v) is 5.17. The zero-order chi connectivity index (χ0) is 12.7. The highest BCUT2D eigenvalue weighted by atomic mass is 16.5. The van der Waals surface area contributed by atoms with Crippen LogP contribution in [0.4, 0.5) is 0 Å². The number of rotatable bonds is 6. The van der Waals surface area contributed by atoms with Crippen LogP contribution in [0.15, 0.2) is 0 Å². The molecule has 1 aliphatic rings. The molecule has 1 saturated heterocycles. The number of ether oxygens (including phenoxy) is 1. The van der Waals surface area contributed by atoms with Crippen LogP contribution in [0.5, 0.6) is 0 Å². The topological polar surface area (TPSA) is 41.6 Å². The molecule has 1 aliphatic heterocycles. The van der Waals surface area contributed by atoms with Gasteiger partial charge in [0.15, 0.2) is 0 Å². The predicted octanol–water partition coefficient (Wildman–Crippen LogP) is 1.26. The normalized spacial score (nSPS) is 20.2. The molecule has 17 heavy (non-hydrogen) atoms. The van der Waals surface area contributed by atoms with Gasteiger partial charge in [0.25, 0.3) is 0 Å². The van der Waals surface area contributed by atoms with E-state index in [9.17, 15) is 4.79 Å². The van der Waals surface area contributed by atoms with Crippen LogP contribution in [0, 0.1) is 5.92 Å². The second-order valence-electron chi connectivity index (χ2n) is 5.17. The predicted molar refractivity (Wildman–Crippen MR) is 68.9 cm³/mol. The molecule has 1 fully saturated rings. The number of nitrogens with one attached hydrogen (secondary N) is 1. The summed E-state index contributed by atoms with van der Waals surface area (Å²) < 4.78 is 4.64. The second kappa shape index (κ2) is 7.67. The van der Waals surface area contributed by atoms with Gasteiger partial charge in [0, 0.05) is 6.04 Å². The largest absolute Gasteiger partial charge is 0.469 e. The van der Waals surface area contributed by atoms with E-state index in [0.717, 1.165) is 12.5 Å². The molecule has 1 heterocycles. The fourth-order valence-electron chi connectivity index (χ4n) is 2.29. The Morgan fingerprint density at radius 2 is 2.12 bits per heavy atom. The number of nitrogens with zero attached hydrogens (tertiary/aromatic N) is 1. The van der Waals surface area contributed by atoms with E-state index >= 15 is 0 Å². The Hall–Kier alpha value is -0.610. The number of methoxy groups -OCH3 is 1. The zero-order valence-corrected chi connectivity index (χ0v) is 11.4. The van der Waals surface area contributed by atoms with Crippen LogP contribution in [0.3, 0.4) is 0 Å². The van der Waals surface area contributed by atoms with E-state index < -0.39 is 0 Å². The molecule has 0 bridgehead atoms. The monoisotopic (exact) mass is 242 g/mol. The molecule has 0 aromatic heterocycles. The molecule has 1 rings (SSSR count). The van der Waals surface area contributed by atoms with E-state index in [0.29, 0.717) is 6.42 Å². The minimum absolute atomic E-state index is 0.135. The van der Waals surface area contributed by atoms with Crippen LogP contribution in [0.1, 0.15) is 32.6 Å². The van der Waals surface area contributed by atoms with Crippen molar-refractivity contribution in [1.82, 2.24) is 10.2 Å². The van der Waals surface area contributed by atoms with Gasteiger partial charge < -0.3 is 15.0 Å². The lowest BCUT2D eigenvalue weighted by molar-refractivity contribution is -0.141. The summed E-state index contributed by atoms with van der Waals surface area (Å²) in [5.41, 5.74) is 0. The van der Waals surface area contributed by atoms with Crippen molar-refractivity contribution >= 4 is 5.97 Å². The number of carbonyl (C=O) groups is 1. The SMILES string of the molecule is COC(=O)CC(C)NCCC1CCN(C)CC1. The molecule has 0 aromatic carbocycles. The van der Waals surface area contributed by atoms with E-state index in [-0.39, 0.29) is 12.0 Å². The summed E-state index contributed by atoms with van der Waals surface area (Å²) in [6, 6.07) is 0.216. The fourth-order valence-corrected chi connectivity index (χ4v) is 2.29. The molecule has 0 spiro atoms. The van der Waals surface area contributed by atoms with Gasteiger partial charge in [-0.05, 0) is 58.8 Å². The number of esters is 1. The number of hydrogen-bond acceptors (Lipinski definition) is 4. The molecule has 1 unspecified atom stereocenters. The van der Waals surface area contributed by atoms with E-state index in [1.807, 2.05) is 6.92 Å². The number of piperidine rings is 1. The Labute approximate surface area is 105 Å². The molecule has 0 saturated carbocycles. The molecule has 1 N–H and O–H groups in total. The summed E-state index contributed by atoms with van der Waals surface area (Å²) in [5, 5.41) is 3.39. The zero-order valence-electron chi connectivity index (χ0n) is 11.4. The van der Waals surface area contributed by atoms with E-state index in [2.05, 4.69) is 22.0 Å². The van der Waals surface area contributed by atoms with E-state index in [4.69, 9.17) is 0 Å². The summed E-state index contributed by atoms with van der Waals surface area (Å²) in [6.07, 6.45) is 4.30. The van der Waals surface area contributed by atoms with Crippen molar-refractivity contribution in [3.63, 3.8) is 0 Å².